The zero-order valence-electron chi connectivity index (χ0n) is 18.5. The highest BCUT2D eigenvalue weighted by Crippen LogP contribution is 2.35. The lowest BCUT2D eigenvalue weighted by atomic mass is 9.99. The van der Waals surface area contributed by atoms with Gasteiger partial charge in [-0.1, -0.05) is 11.6 Å². The molecule has 0 unspecified atom stereocenters. The fraction of sp³-hybridized carbons (Fsp3) is 0.320. The normalized spacial score (nSPS) is 16.5. The Labute approximate surface area is 199 Å². The SMILES string of the molecule is Cc1cc2c(cc1C(=O)N1CCc3cc(F)c(Cl)cc31)[nH]c(=O)c1cnc(C3CCOCC3)n12. The van der Waals surface area contributed by atoms with Crippen LogP contribution >= 0.6 is 11.6 Å². The summed E-state index contributed by atoms with van der Waals surface area (Å²) in [6.07, 6.45) is 3.87. The van der Waals surface area contributed by atoms with Crippen LogP contribution in [0.3, 0.4) is 0 Å². The smallest absolute Gasteiger partial charge is 0.274 e. The summed E-state index contributed by atoms with van der Waals surface area (Å²) >= 11 is 5.99. The van der Waals surface area contributed by atoms with Gasteiger partial charge in [0, 0.05) is 36.9 Å². The molecule has 1 amide bonds. The van der Waals surface area contributed by atoms with Gasteiger partial charge in [0.25, 0.3) is 11.5 Å². The van der Waals surface area contributed by atoms with E-state index in [0.717, 1.165) is 35.3 Å². The molecule has 2 aliphatic rings. The summed E-state index contributed by atoms with van der Waals surface area (Å²) in [6.45, 7) is 3.66. The van der Waals surface area contributed by atoms with E-state index in [9.17, 15) is 14.0 Å². The number of carbonyl (C=O) groups excluding carboxylic acids is 1. The minimum absolute atomic E-state index is 0.0128. The van der Waals surface area contributed by atoms with E-state index in [2.05, 4.69) is 9.97 Å². The Morgan fingerprint density at radius 2 is 2.00 bits per heavy atom. The van der Waals surface area contributed by atoms with Crippen LogP contribution in [-0.4, -0.2) is 40.0 Å². The van der Waals surface area contributed by atoms with Crippen molar-refractivity contribution in [2.45, 2.75) is 32.1 Å². The average molecular weight is 481 g/mol. The van der Waals surface area contributed by atoms with Crippen molar-refractivity contribution in [2.75, 3.05) is 24.7 Å². The molecule has 174 valence electrons. The minimum atomic E-state index is -0.487. The third-order valence-corrected chi connectivity index (χ3v) is 7.22. The fourth-order valence-corrected chi connectivity index (χ4v) is 5.31. The number of imidazole rings is 1. The van der Waals surface area contributed by atoms with Crippen LogP contribution in [0.25, 0.3) is 16.6 Å². The minimum Gasteiger partial charge on any atom is -0.381 e. The summed E-state index contributed by atoms with van der Waals surface area (Å²) in [7, 11) is 0. The molecule has 1 saturated heterocycles. The molecule has 0 spiro atoms. The number of anilines is 1. The van der Waals surface area contributed by atoms with Gasteiger partial charge in [0.05, 0.1) is 22.3 Å². The van der Waals surface area contributed by atoms with Crippen LogP contribution in [0.1, 0.15) is 46.1 Å². The summed E-state index contributed by atoms with van der Waals surface area (Å²) in [4.78, 5) is 35.5. The number of fused-ring (bicyclic) bond motifs is 4. The number of ether oxygens (including phenoxy) is 1. The summed E-state index contributed by atoms with van der Waals surface area (Å²) in [5, 5.41) is -0.0128. The third kappa shape index (κ3) is 3.24. The number of aromatic nitrogens is 3. The summed E-state index contributed by atoms with van der Waals surface area (Å²) < 4.78 is 21.3. The molecular weight excluding hydrogens is 459 g/mol. The summed E-state index contributed by atoms with van der Waals surface area (Å²) in [6, 6.07) is 6.54. The van der Waals surface area contributed by atoms with Crippen LogP contribution in [-0.2, 0) is 11.2 Å². The monoisotopic (exact) mass is 480 g/mol. The topological polar surface area (TPSA) is 79.7 Å². The standard InChI is InChI=1S/C25H22ClFN4O3/c1-13-8-21-19(29-24(32)22-12-28-23(31(21)22)14-3-6-34-7-4-14)10-16(13)25(33)30-5-2-15-9-18(27)17(26)11-20(15)30/h8-12,14H,2-7H2,1H3,(H,29,32). The number of aryl methyl sites for hydroxylation is 1. The lowest BCUT2D eigenvalue weighted by Gasteiger charge is -2.22. The van der Waals surface area contributed by atoms with E-state index in [1.54, 1.807) is 17.2 Å². The van der Waals surface area contributed by atoms with Gasteiger partial charge in [-0.05, 0) is 61.6 Å². The molecule has 2 aromatic carbocycles. The molecule has 1 N–H and O–H groups in total. The highest BCUT2D eigenvalue weighted by Gasteiger charge is 2.29. The molecule has 0 atom stereocenters. The summed E-state index contributed by atoms with van der Waals surface area (Å²) in [5.74, 6) is 0.350. The molecule has 0 bridgehead atoms. The Hall–Kier alpha value is -3.23. The van der Waals surface area contributed by atoms with E-state index in [0.29, 0.717) is 48.5 Å². The Morgan fingerprint density at radius 3 is 2.79 bits per heavy atom. The quantitative estimate of drug-likeness (QED) is 0.462. The number of halogens is 2. The molecule has 4 heterocycles. The van der Waals surface area contributed by atoms with Crippen molar-refractivity contribution in [3.8, 4) is 0 Å². The van der Waals surface area contributed by atoms with Crippen molar-refractivity contribution in [2.24, 2.45) is 0 Å². The lowest BCUT2D eigenvalue weighted by Crippen LogP contribution is -2.29. The molecule has 6 rings (SSSR count). The van der Waals surface area contributed by atoms with Gasteiger partial charge >= 0.3 is 0 Å². The maximum atomic E-state index is 13.9. The number of rotatable bonds is 2. The molecule has 0 aliphatic carbocycles. The van der Waals surface area contributed by atoms with Gasteiger partial charge in [0.2, 0.25) is 0 Å². The number of hydrogen-bond acceptors (Lipinski definition) is 4. The van der Waals surface area contributed by atoms with Crippen LogP contribution in [0.5, 0.6) is 0 Å². The molecule has 4 aromatic rings. The highest BCUT2D eigenvalue weighted by molar-refractivity contribution is 6.31. The predicted molar refractivity (Wildman–Crippen MR) is 128 cm³/mol. The highest BCUT2D eigenvalue weighted by atomic mass is 35.5. The zero-order valence-corrected chi connectivity index (χ0v) is 19.3. The number of aromatic amines is 1. The van der Waals surface area contributed by atoms with Crippen molar-refractivity contribution in [3.63, 3.8) is 0 Å². The van der Waals surface area contributed by atoms with E-state index < -0.39 is 5.82 Å². The van der Waals surface area contributed by atoms with Gasteiger partial charge in [0.15, 0.2) is 0 Å². The van der Waals surface area contributed by atoms with Crippen LogP contribution in [0.4, 0.5) is 10.1 Å². The van der Waals surface area contributed by atoms with E-state index in [1.807, 2.05) is 17.4 Å². The van der Waals surface area contributed by atoms with Crippen LogP contribution in [0, 0.1) is 12.7 Å². The molecule has 1 fully saturated rings. The first-order valence-electron chi connectivity index (χ1n) is 11.3. The number of amides is 1. The molecule has 0 radical (unpaired) electrons. The molecule has 34 heavy (non-hydrogen) atoms. The maximum Gasteiger partial charge on any atom is 0.274 e. The van der Waals surface area contributed by atoms with Crippen LogP contribution in [0.15, 0.2) is 35.3 Å². The third-order valence-electron chi connectivity index (χ3n) is 6.93. The van der Waals surface area contributed by atoms with Crippen LogP contribution in [0.2, 0.25) is 5.02 Å². The number of nitrogens with zero attached hydrogens (tertiary/aromatic N) is 3. The predicted octanol–water partition coefficient (Wildman–Crippen LogP) is 4.37. The largest absolute Gasteiger partial charge is 0.381 e. The Kier molecular flexibility index (Phi) is 4.97. The molecule has 2 aliphatic heterocycles. The first-order chi connectivity index (χ1) is 16.4. The second kappa shape index (κ2) is 7.92. The molecule has 9 heteroatoms. The van der Waals surface area contributed by atoms with Crippen molar-refractivity contribution >= 4 is 39.7 Å². The summed E-state index contributed by atoms with van der Waals surface area (Å²) in [5.41, 5.74) is 4.22. The Morgan fingerprint density at radius 1 is 1.21 bits per heavy atom. The molecule has 7 nitrogen and oxygen atoms in total. The van der Waals surface area contributed by atoms with Gasteiger partial charge in [-0.2, -0.15) is 0 Å². The average Bonchev–Trinajstić information content (AvgIpc) is 3.45. The van der Waals surface area contributed by atoms with Gasteiger partial charge < -0.3 is 14.6 Å². The maximum absolute atomic E-state index is 13.9. The first-order valence-corrected chi connectivity index (χ1v) is 11.7. The Balaban J connectivity index is 1.48. The van der Waals surface area contributed by atoms with Crippen molar-refractivity contribution in [3.05, 3.63) is 74.2 Å². The number of benzene rings is 2. The fourth-order valence-electron chi connectivity index (χ4n) is 5.16. The van der Waals surface area contributed by atoms with Gasteiger partial charge in [0.1, 0.15) is 17.2 Å². The number of H-pyrrole nitrogens is 1. The van der Waals surface area contributed by atoms with Crippen molar-refractivity contribution in [1.82, 2.24) is 14.4 Å². The van der Waals surface area contributed by atoms with E-state index in [4.69, 9.17) is 16.3 Å². The van der Waals surface area contributed by atoms with E-state index >= 15 is 0 Å². The van der Waals surface area contributed by atoms with Gasteiger partial charge in [-0.15, -0.1) is 0 Å². The number of nitrogens with one attached hydrogen (secondary N) is 1. The van der Waals surface area contributed by atoms with Crippen molar-refractivity contribution in [1.29, 1.82) is 0 Å². The second-order valence-electron chi connectivity index (χ2n) is 8.96. The first kappa shape index (κ1) is 21.3. The molecular formula is C25H22ClFN4O3. The second-order valence-corrected chi connectivity index (χ2v) is 9.37. The zero-order chi connectivity index (χ0) is 23.6. The van der Waals surface area contributed by atoms with Gasteiger partial charge in [-0.3, -0.25) is 14.0 Å². The molecule has 0 saturated carbocycles. The van der Waals surface area contributed by atoms with E-state index in [1.165, 1.54) is 12.1 Å². The van der Waals surface area contributed by atoms with Gasteiger partial charge in [-0.25, -0.2) is 9.37 Å². The Bertz CT molecular complexity index is 1540. The number of carbonyl (C=O) groups is 1. The van der Waals surface area contributed by atoms with E-state index in [-0.39, 0.29) is 22.4 Å². The van der Waals surface area contributed by atoms with Crippen molar-refractivity contribution < 1.29 is 13.9 Å². The lowest BCUT2D eigenvalue weighted by molar-refractivity contribution is 0.0835. The van der Waals surface area contributed by atoms with Crippen LogP contribution < -0.4 is 10.5 Å². The molecule has 2 aromatic heterocycles. The number of hydrogen-bond donors (Lipinski definition) is 1.